The molecule has 28 heavy (non-hydrogen) atoms. The summed E-state index contributed by atoms with van der Waals surface area (Å²) < 4.78 is 10.1. The number of methoxy groups -OCH3 is 1. The molecule has 0 spiro atoms. The van der Waals surface area contributed by atoms with Gasteiger partial charge in [-0.2, -0.15) is 0 Å². The van der Waals surface area contributed by atoms with Gasteiger partial charge in [-0.05, 0) is 51.0 Å². The number of esters is 2. The number of amides is 1. The Morgan fingerprint density at radius 2 is 2.00 bits per heavy atom. The summed E-state index contributed by atoms with van der Waals surface area (Å²) in [6.45, 7) is 3.92. The molecule has 1 aliphatic heterocycles. The standard InChI is InChI=1S/C20H28N2O5S/c1-3-27-19(24)13-7-6-10-22(11-13)12-16(23)21-18-17(20(25)26-2)14-8-4-5-9-15(14)28-18/h13H,3-12H2,1-2H3,(H,21,23)/p+1/t13-/m0/s1. The monoisotopic (exact) mass is 409 g/mol. The van der Waals surface area contributed by atoms with Crippen molar-refractivity contribution < 1.29 is 28.8 Å². The Balaban J connectivity index is 1.65. The summed E-state index contributed by atoms with van der Waals surface area (Å²) in [7, 11) is 1.37. The van der Waals surface area contributed by atoms with Crippen LogP contribution in [-0.4, -0.2) is 51.2 Å². The Morgan fingerprint density at radius 1 is 1.21 bits per heavy atom. The third-order valence-electron chi connectivity index (χ3n) is 5.46. The van der Waals surface area contributed by atoms with Crippen molar-refractivity contribution in [3.8, 4) is 0 Å². The number of likely N-dealkylation sites (tertiary alicyclic amines) is 1. The van der Waals surface area contributed by atoms with Crippen LogP contribution in [0.3, 0.4) is 0 Å². The van der Waals surface area contributed by atoms with E-state index in [1.165, 1.54) is 23.3 Å². The molecule has 2 atom stereocenters. The van der Waals surface area contributed by atoms with E-state index >= 15 is 0 Å². The van der Waals surface area contributed by atoms with Crippen LogP contribution in [0.4, 0.5) is 5.00 Å². The largest absolute Gasteiger partial charge is 0.466 e. The number of piperidine rings is 1. The lowest BCUT2D eigenvalue weighted by Crippen LogP contribution is -3.14. The molecule has 0 radical (unpaired) electrons. The molecule has 1 aromatic rings. The second kappa shape index (κ2) is 9.52. The van der Waals surface area contributed by atoms with E-state index in [1.54, 1.807) is 6.92 Å². The Labute approximate surface area is 169 Å². The zero-order chi connectivity index (χ0) is 20.1. The molecule has 1 fully saturated rings. The second-order valence-corrected chi connectivity index (χ2v) is 8.53. The highest BCUT2D eigenvalue weighted by atomic mass is 32.1. The van der Waals surface area contributed by atoms with E-state index in [1.807, 2.05) is 0 Å². The van der Waals surface area contributed by atoms with Crippen LogP contribution in [0.1, 0.15) is 53.4 Å². The summed E-state index contributed by atoms with van der Waals surface area (Å²) in [5.41, 5.74) is 1.56. The van der Waals surface area contributed by atoms with Gasteiger partial charge in [-0.15, -0.1) is 11.3 Å². The number of ether oxygens (including phenoxy) is 2. The van der Waals surface area contributed by atoms with Crippen molar-refractivity contribution in [1.82, 2.24) is 0 Å². The van der Waals surface area contributed by atoms with E-state index in [2.05, 4.69) is 5.32 Å². The number of carbonyl (C=O) groups excluding carboxylic acids is 3. The molecule has 1 amide bonds. The van der Waals surface area contributed by atoms with Crippen LogP contribution >= 0.6 is 11.3 Å². The van der Waals surface area contributed by atoms with E-state index in [9.17, 15) is 14.4 Å². The molecule has 1 aliphatic carbocycles. The lowest BCUT2D eigenvalue weighted by Gasteiger charge is -2.28. The molecular formula is C20H29N2O5S+. The molecular weight excluding hydrogens is 380 g/mol. The number of aryl methyl sites for hydroxylation is 1. The molecule has 0 bridgehead atoms. The third-order valence-corrected chi connectivity index (χ3v) is 6.67. The topological polar surface area (TPSA) is 86.1 Å². The van der Waals surface area contributed by atoms with Crippen LogP contribution in [0.25, 0.3) is 0 Å². The van der Waals surface area contributed by atoms with Gasteiger partial charge in [0, 0.05) is 4.88 Å². The summed E-state index contributed by atoms with van der Waals surface area (Å²) in [4.78, 5) is 39.2. The fourth-order valence-corrected chi connectivity index (χ4v) is 5.44. The quantitative estimate of drug-likeness (QED) is 0.690. The maximum absolute atomic E-state index is 12.7. The van der Waals surface area contributed by atoms with E-state index in [0.29, 0.717) is 23.7 Å². The maximum atomic E-state index is 12.7. The molecule has 1 unspecified atom stereocenters. The number of nitrogens with one attached hydrogen (secondary N) is 2. The first-order valence-electron chi connectivity index (χ1n) is 10.1. The molecule has 2 N–H and O–H groups in total. The first-order valence-corrected chi connectivity index (χ1v) is 10.9. The Bertz CT molecular complexity index is 745. The maximum Gasteiger partial charge on any atom is 0.341 e. The molecule has 3 rings (SSSR count). The van der Waals surface area contributed by atoms with Crippen molar-refractivity contribution in [3.63, 3.8) is 0 Å². The van der Waals surface area contributed by atoms with Gasteiger partial charge in [0.1, 0.15) is 10.9 Å². The SMILES string of the molecule is CCOC(=O)[C@H]1CCC[NH+](CC(=O)Nc2sc3c(c2C(=O)OC)CCCC3)C1. The first-order chi connectivity index (χ1) is 13.5. The first kappa shape index (κ1) is 20.8. The van der Waals surface area contributed by atoms with Crippen LogP contribution in [0, 0.1) is 5.92 Å². The van der Waals surface area contributed by atoms with Crippen LogP contribution in [0.2, 0.25) is 0 Å². The zero-order valence-electron chi connectivity index (χ0n) is 16.6. The van der Waals surface area contributed by atoms with Crippen LogP contribution in [-0.2, 0) is 31.9 Å². The lowest BCUT2D eigenvalue weighted by molar-refractivity contribution is -0.899. The molecule has 0 aromatic carbocycles. The van der Waals surface area contributed by atoms with Gasteiger partial charge in [-0.3, -0.25) is 9.59 Å². The zero-order valence-corrected chi connectivity index (χ0v) is 17.4. The van der Waals surface area contributed by atoms with Gasteiger partial charge >= 0.3 is 11.9 Å². The smallest absolute Gasteiger partial charge is 0.341 e. The van der Waals surface area contributed by atoms with Gasteiger partial charge in [0.05, 0.1) is 32.4 Å². The van der Waals surface area contributed by atoms with Crippen molar-refractivity contribution in [1.29, 1.82) is 0 Å². The van der Waals surface area contributed by atoms with E-state index < -0.39 is 0 Å². The van der Waals surface area contributed by atoms with Gasteiger partial charge in [0.15, 0.2) is 6.54 Å². The van der Waals surface area contributed by atoms with Crippen molar-refractivity contribution >= 4 is 34.2 Å². The molecule has 2 heterocycles. The van der Waals surface area contributed by atoms with E-state index in [0.717, 1.165) is 55.5 Å². The van der Waals surface area contributed by atoms with Gasteiger partial charge < -0.3 is 19.7 Å². The lowest BCUT2D eigenvalue weighted by atomic mass is 9.95. The minimum absolute atomic E-state index is 0.136. The number of carbonyl (C=O) groups is 3. The number of quaternary nitrogens is 1. The van der Waals surface area contributed by atoms with Gasteiger partial charge in [-0.1, -0.05) is 0 Å². The summed E-state index contributed by atoms with van der Waals surface area (Å²) in [6, 6.07) is 0. The molecule has 1 saturated heterocycles. The number of thiophene rings is 1. The molecule has 1 aromatic heterocycles. The minimum atomic E-state index is -0.387. The Kier molecular flexibility index (Phi) is 7.07. The van der Waals surface area contributed by atoms with Gasteiger partial charge in [0.2, 0.25) is 0 Å². The molecule has 8 heteroatoms. The average molecular weight is 410 g/mol. The number of rotatable bonds is 6. The van der Waals surface area contributed by atoms with Crippen LogP contribution in [0.15, 0.2) is 0 Å². The Morgan fingerprint density at radius 3 is 2.75 bits per heavy atom. The summed E-state index contributed by atoms with van der Waals surface area (Å²) >= 11 is 1.49. The summed E-state index contributed by atoms with van der Waals surface area (Å²) in [6.07, 6.45) is 5.66. The molecule has 0 saturated carbocycles. The summed E-state index contributed by atoms with van der Waals surface area (Å²) in [5, 5.41) is 3.54. The van der Waals surface area contributed by atoms with Crippen LogP contribution in [0.5, 0.6) is 0 Å². The van der Waals surface area contributed by atoms with Crippen molar-refractivity contribution in [2.24, 2.45) is 5.92 Å². The number of fused-ring (bicyclic) bond motifs is 1. The van der Waals surface area contributed by atoms with Crippen molar-refractivity contribution in [2.75, 3.05) is 38.7 Å². The molecule has 154 valence electrons. The molecule has 7 nitrogen and oxygen atoms in total. The fraction of sp³-hybridized carbons (Fsp3) is 0.650. The normalized spacial score (nSPS) is 21.5. The van der Waals surface area contributed by atoms with E-state index in [4.69, 9.17) is 9.47 Å². The van der Waals surface area contributed by atoms with Crippen molar-refractivity contribution in [3.05, 3.63) is 16.0 Å². The van der Waals surface area contributed by atoms with E-state index in [-0.39, 0.29) is 30.3 Å². The van der Waals surface area contributed by atoms with Crippen molar-refractivity contribution in [2.45, 2.75) is 45.4 Å². The number of hydrogen-bond donors (Lipinski definition) is 2. The van der Waals surface area contributed by atoms with Gasteiger partial charge in [0.25, 0.3) is 5.91 Å². The fourth-order valence-electron chi connectivity index (χ4n) is 4.14. The number of hydrogen-bond acceptors (Lipinski definition) is 6. The highest BCUT2D eigenvalue weighted by Gasteiger charge is 2.32. The molecule has 2 aliphatic rings. The summed E-state index contributed by atoms with van der Waals surface area (Å²) in [5.74, 6) is -0.833. The predicted octanol–water partition coefficient (Wildman–Crippen LogP) is 1.21. The highest BCUT2D eigenvalue weighted by molar-refractivity contribution is 7.17. The highest BCUT2D eigenvalue weighted by Crippen LogP contribution is 2.38. The minimum Gasteiger partial charge on any atom is -0.466 e. The predicted molar refractivity (Wildman–Crippen MR) is 106 cm³/mol. The average Bonchev–Trinajstić information content (AvgIpc) is 3.05. The van der Waals surface area contributed by atoms with Crippen LogP contribution < -0.4 is 10.2 Å². The third kappa shape index (κ3) is 4.72. The Hall–Kier alpha value is -1.93. The second-order valence-electron chi connectivity index (χ2n) is 7.43. The number of anilines is 1. The van der Waals surface area contributed by atoms with Gasteiger partial charge in [-0.25, -0.2) is 4.79 Å².